The van der Waals surface area contributed by atoms with Gasteiger partial charge in [0, 0.05) is 45.4 Å². The molecule has 1 aromatic heterocycles. The summed E-state index contributed by atoms with van der Waals surface area (Å²) in [7, 11) is 1.65. The largest absolute Gasteiger partial charge is 0.481 e. The lowest BCUT2D eigenvalue weighted by atomic mass is 9.89. The number of ether oxygens (including phenoxy) is 1. The number of aliphatic carboxylic acids is 1. The molecule has 134 valence electrons. The topological polar surface area (TPSA) is 67.6 Å². The number of methoxy groups -OCH3 is 1. The van der Waals surface area contributed by atoms with Crippen molar-refractivity contribution < 1.29 is 19.0 Å². The second kappa shape index (κ2) is 7.76. The Hall–Kier alpha value is -2.25. The molecule has 2 aromatic rings. The van der Waals surface area contributed by atoms with Crippen molar-refractivity contribution in [3.05, 3.63) is 53.9 Å². The highest BCUT2D eigenvalue weighted by Gasteiger charge is 2.38. The Bertz CT molecular complexity index is 717. The Balaban J connectivity index is 1.73. The van der Waals surface area contributed by atoms with E-state index in [0.717, 1.165) is 11.3 Å². The first kappa shape index (κ1) is 17.6. The second-order valence-corrected chi connectivity index (χ2v) is 6.37. The number of benzene rings is 1. The van der Waals surface area contributed by atoms with E-state index in [0.29, 0.717) is 32.8 Å². The molecular formula is C18H22FN3O3. The van der Waals surface area contributed by atoms with Crippen LogP contribution in [-0.4, -0.2) is 52.3 Å². The number of rotatable bonds is 7. The number of nitrogens with zero attached hydrogens (tertiary/aromatic N) is 3. The van der Waals surface area contributed by atoms with Crippen molar-refractivity contribution in [3.8, 4) is 0 Å². The van der Waals surface area contributed by atoms with Gasteiger partial charge < -0.3 is 14.4 Å². The van der Waals surface area contributed by atoms with Gasteiger partial charge in [0.25, 0.3) is 0 Å². The number of imidazole rings is 1. The van der Waals surface area contributed by atoms with Crippen LogP contribution in [0.1, 0.15) is 17.2 Å². The zero-order valence-corrected chi connectivity index (χ0v) is 14.1. The van der Waals surface area contributed by atoms with E-state index in [1.165, 1.54) is 12.1 Å². The minimum atomic E-state index is -0.815. The molecule has 25 heavy (non-hydrogen) atoms. The highest BCUT2D eigenvalue weighted by atomic mass is 19.1. The molecule has 1 aliphatic heterocycles. The predicted molar refractivity (Wildman–Crippen MR) is 89.6 cm³/mol. The molecule has 1 aliphatic rings. The van der Waals surface area contributed by atoms with Crippen molar-refractivity contribution in [2.45, 2.75) is 19.0 Å². The van der Waals surface area contributed by atoms with Gasteiger partial charge in [-0.25, -0.2) is 9.37 Å². The summed E-state index contributed by atoms with van der Waals surface area (Å²) in [4.78, 5) is 18.0. The van der Waals surface area contributed by atoms with Crippen LogP contribution in [0.25, 0.3) is 0 Å². The molecule has 1 N–H and O–H groups in total. The third-order valence-corrected chi connectivity index (χ3v) is 4.73. The molecule has 2 heterocycles. The van der Waals surface area contributed by atoms with Gasteiger partial charge in [-0.3, -0.25) is 9.69 Å². The first-order valence-electron chi connectivity index (χ1n) is 8.27. The Morgan fingerprint density at radius 1 is 1.36 bits per heavy atom. The van der Waals surface area contributed by atoms with Crippen LogP contribution in [0.4, 0.5) is 4.39 Å². The van der Waals surface area contributed by atoms with E-state index in [1.807, 2.05) is 4.57 Å². The van der Waals surface area contributed by atoms with Gasteiger partial charge in [0.15, 0.2) is 0 Å². The van der Waals surface area contributed by atoms with E-state index in [1.54, 1.807) is 31.8 Å². The van der Waals surface area contributed by atoms with Crippen LogP contribution in [0.2, 0.25) is 0 Å². The monoisotopic (exact) mass is 347 g/mol. The fourth-order valence-corrected chi connectivity index (χ4v) is 3.41. The highest BCUT2D eigenvalue weighted by Crippen LogP contribution is 2.33. The van der Waals surface area contributed by atoms with Crippen molar-refractivity contribution in [3.63, 3.8) is 0 Å². The molecule has 3 rings (SSSR count). The summed E-state index contributed by atoms with van der Waals surface area (Å²) in [5, 5.41) is 9.58. The Kier molecular flexibility index (Phi) is 5.45. The molecule has 2 atom stereocenters. The molecule has 0 saturated carbocycles. The molecule has 0 amide bonds. The number of likely N-dealkylation sites (tertiary alicyclic amines) is 1. The van der Waals surface area contributed by atoms with Crippen molar-refractivity contribution in [1.82, 2.24) is 14.5 Å². The number of halogens is 1. The van der Waals surface area contributed by atoms with Crippen LogP contribution >= 0.6 is 0 Å². The third kappa shape index (κ3) is 4.05. The third-order valence-electron chi connectivity index (χ3n) is 4.73. The highest BCUT2D eigenvalue weighted by molar-refractivity contribution is 5.72. The molecule has 7 heteroatoms. The van der Waals surface area contributed by atoms with Gasteiger partial charge in [-0.15, -0.1) is 0 Å². The summed E-state index contributed by atoms with van der Waals surface area (Å²) in [6.45, 7) is 3.03. The normalized spacial score (nSPS) is 20.9. The standard InChI is InChI=1S/C18H22FN3O3/c1-25-7-6-22-12-20-8-15(22)9-21-10-16(17(11-21)18(23)24)13-2-4-14(19)5-3-13/h2-5,8,12,16-17H,6-7,9-11H2,1H3,(H,23,24)/t16-,17+/m0/s1. The molecule has 1 saturated heterocycles. The van der Waals surface area contributed by atoms with Crippen molar-refractivity contribution >= 4 is 5.97 Å². The maximum absolute atomic E-state index is 13.2. The summed E-state index contributed by atoms with van der Waals surface area (Å²) in [5.74, 6) is -1.77. The lowest BCUT2D eigenvalue weighted by Gasteiger charge is -2.17. The molecule has 0 spiro atoms. The van der Waals surface area contributed by atoms with Gasteiger partial charge in [-0.05, 0) is 17.7 Å². The van der Waals surface area contributed by atoms with E-state index in [9.17, 15) is 14.3 Å². The fourth-order valence-electron chi connectivity index (χ4n) is 3.41. The fraction of sp³-hybridized carbons (Fsp3) is 0.444. The van der Waals surface area contributed by atoms with Crippen LogP contribution in [-0.2, 0) is 22.6 Å². The number of carboxylic acid groups (broad SMARTS) is 1. The number of carboxylic acids is 1. The SMILES string of the molecule is COCCn1cncc1CN1C[C@@H](C(=O)O)[C@H](c2ccc(F)cc2)C1. The Morgan fingerprint density at radius 2 is 2.12 bits per heavy atom. The van der Waals surface area contributed by atoms with E-state index in [4.69, 9.17) is 4.74 Å². The first-order chi connectivity index (χ1) is 12.1. The summed E-state index contributed by atoms with van der Waals surface area (Å²) in [6.07, 6.45) is 3.56. The smallest absolute Gasteiger partial charge is 0.308 e. The number of hydrogen-bond acceptors (Lipinski definition) is 4. The lowest BCUT2D eigenvalue weighted by molar-refractivity contribution is -0.141. The molecule has 0 unspecified atom stereocenters. The maximum Gasteiger partial charge on any atom is 0.308 e. The molecule has 6 nitrogen and oxygen atoms in total. The van der Waals surface area contributed by atoms with Gasteiger partial charge in [0.2, 0.25) is 0 Å². The average Bonchev–Trinajstić information content (AvgIpc) is 3.21. The molecule has 0 aliphatic carbocycles. The van der Waals surface area contributed by atoms with Crippen LogP contribution in [0.5, 0.6) is 0 Å². The zero-order chi connectivity index (χ0) is 17.8. The van der Waals surface area contributed by atoms with Gasteiger partial charge in [-0.2, -0.15) is 0 Å². The number of carbonyl (C=O) groups is 1. The summed E-state index contributed by atoms with van der Waals surface area (Å²) < 4.78 is 20.3. The summed E-state index contributed by atoms with van der Waals surface area (Å²) in [6, 6.07) is 6.14. The van der Waals surface area contributed by atoms with Crippen LogP contribution in [0, 0.1) is 11.7 Å². The van der Waals surface area contributed by atoms with E-state index >= 15 is 0 Å². The summed E-state index contributed by atoms with van der Waals surface area (Å²) in [5.41, 5.74) is 1.89. The molecule has 0 bridgehead atoms. The molecule has 1 fully saturated rings. The van der Waals surface area contributed by atoms with E-state index in [-0.39, 0.29) is 11.7 Å². The van der Waals surface area contributed by atoms with Gasteiger partial charge in [0.05, 0.1) is 24.5 Å². The van der Waals surface area contributed by atoms with Crippen LogP contribution in [0.15, 0.2) is 36.8 Å². The Morgan fingerprint density at radius 3 is 2.80 bits per heavy atom. The molecular weight excluding hydrogens is 325 g/mol. The van der Waals surface area contributed by atoms with Crippen molar-refractivity contribution in [2.24, 2.45) is 5.92 Å². The predicted octanol–water partition coefficient (Wildman–Crippen LogP) is 1.97. The molecule has 1 aromatic carbocycles. The second-order valence-electron chi connectivity index (χ2n) is 6.37. The van der Waals surface area contributed by atoms with E-state index in [2.05, 4.69) is 9.88 Å². The Labute approximate surface area is 145 Å². The van der Waals surface area contributed by atoms with Gasteiger partial charge in [-0.1, -0.05) is 12.1 Å². The van der Waals surface area contributed by atoms with Crippen molar-refractivity contribution in [2.75, 3.05) is 26.8 Å². The lowest BCUT2D eigenvalue weighted by Crippen LogP contribution is -2.24. The minimum Gasteiger partial charge on any atom is -0.481 e. The quantitative estimate of drug-likeness (QED) is 0.829. The first-order valence-corrected chi connectivity index (χ1v) is 8.27. The molecule has 0 radical (unpaired) electrons. The average molecular weight is 347 g/mol. The van der Waals surface area contributed by atoms with Crippen molar-refractivity contribution in [1.29, 1.82) is 0 Å². The van der Waals surface area contributed by atoms with E-state index < -0.39 is 11.9 Å². The van der Waals surface area contributed by atoms with Crippen LogP contribution < -0.4 is 0 Å². The zero-order valence-electron chi connectivity index (χ0n) is 14.1. The number of aromatic nitrogens is 2. The summed E-state index contributed by atoms with van der Waals surface area (Å²) >= 11 is 0. The number of hydrogen-bond donors (Lipinski definition) is 1. The maximum atomic E-state index is 13.2. The van der Waals surface area contributed by atoms with Gasteiger partial charge >= 0.3 is 5.97 Å². The van der Waals surface area contributed by atoms with Crippen LogP contribution in [0.3, 0.4) is 0 Å². The van der Waals surface area contributed by atoms with Gasteiger partial charge in [0.1, 0.15) is 5.82 Å². The minimum absolute atomic E-state index is 0.145.